The maximum Gasteiger partial charge on any atom is 0.194 e. The highest BCUT2D eigenvalue weighted by Crippen LogP contribution is 2.32. The van der Waals surface area contributed by atoms with E-state index in [4.69, 9.17) is 4.74 Å². The van der Waals surface area contributed by atoms with Crippen LogP contribution in [0.3, 0.4) is 0 Å². The molecule has 5 heteroatoms. The van der Waals surface area contributed by atoms with Gasteiger partial charge in [-0.3, -0.25) is 4.99 Å². The summed E-state index contributed by atoms with van der Waals surface area (Å²) >= 11 is 0. The highest BCUT2D eigenvalue weighted by Gasteiger charge is 2.28. The van der Waals surface area contributed by atoms with Crippen molar-refractivity contribution >= 4 is 29.9 Å². The highest BCUT2D eigenvalue weighted by atomic mass is 127. The minimum atomic E-state index is 0. The van der Waals surface area contributed by atoms with E-state index in [0.717, 1.165) is 25.6 Å². The Labute approximate surface area is 157 Å². The van der Waals surface area contributed by atoms with Crippen molar-refractivity contribution in [2.75, 3.05) is 39.9 Å². The zero-order valence-corrected chi connectivity index (χ0v) is 16.8. The Morgan fingerprint density at radius 1 is 1.35 bits per heavy atom. The Hall–Kier alpha value is -0.820. The largest absolute Gasteiger partial charge is 0.383 e. The Morgan fingerprint density at radius 2 is 2.09 bits per heavy atom. The SMILES string of the molecule is CCNC(=NCCOC)N1CCC(c2ccccc2)C(C)C1.I. The first-order valence-electron chi connectivity index (χ1n) is 8.33. The van der Waals surface area contributed by atoms with Crippen LogP contribution in [0.4, 0.5) is 0 Å². The van der Waals surface area contributed by atoms with Crippen LogP contribution in [-0.4, -0.2) is 50.8 Å². The molecule has 1 aliphatic heterocycles. The number of piperidine rings is 1. The van der Waals surface area contributed by atoms with Gasteiger partial charge in [-0.1, -0.05) is 37.3 Å². The Balaban J connectivity index is 0.00000264. The summed E-state index contributed by atoms with van der Waals surface area (Å²) in [5, 5.41) is 3.41. The Bertz CT molecular complexity index is 467. The lowest BCUT2D eigenvalue weighted by atomic mass is 9.82. The molecule has 2 unspecified atom stereocenters. The van der Waals surface area contributed by atoms with Crippen molar-refractivity contribution in [3.8, 4) is 0 Å². The van der Waals surface area contributed by atoms with Gasteiger partial charge in [0.2, 0.25) is 0 Å². The van der Waals surface area contributed by atoms with Gasteiger partial charge >= 0.3 is 0 Å². The van der Waals surface area contributed by atoms with Crippen LogP contribution < -0.4 is 5.32 Å². The number of nitrogens with zero attached hydrogens (tertiary/aromatic N) is 2. The van der Waals surface area contributed by atoms with Crippen LogP contribution in [0.2, 0.25) is 0 Å². The molecule has 4 nitrogen and oxygen atoms in total. The number of ether oxygens (including phenoxy) is 1. The number of benzene rings is 1. The number of nitrogens with one attached hydrogen (secondary N) is 1. The lowest BCUT2D eigenvalue weighted by molar-refractivity contribution is 0.205. The Kier molecular flexibility index (Phi) is 9.55. The minimum Gasteiger partial charge on any atom is -0.383 e. The Morgan fingerprint density at radius 3 is 2.70 bits per heavy atom. The molecule has 23 heavy (non-hydrogen) atoms. The number of guanidine groups is 1. The molecule has 0 spiro atoms. The number of hydrogen-bond acceptors (Lipinski definition) is 2. The molecule has 2 rings (SSSR count). The summed E-state index contributed by atoms with van der Waals surface area (Å²) in [5.41, 5.74) is 1.47. The van der Waals surface area contributed by atoms with E-state index in [1.165, 1.54) is 12.0 Å². The summed E-state index contributed by atoms with van der Waals surface area (Å²) in [4.78, 5) is 7.06. The summed E-state index contributed by atoms with van der Waals surface area (Å²) in [6.45, 7) is 8.87. The van der Waals surface area contributed by atoms with Crippen LogP contribution in [0.5, 0.6) is 0 Å². The van der Waals surface area contributed by atoms with Crippen LogP contribution in [-0.2, 0) is 4.74 Å². The molecule has 1 N–H and O–H groups in total. The molecule has 1 saturated heterocycles. The summed E-state index contributed by atoms with van der Waals surface area (Å²) in [5.74, 6) is 2.31. The van der Waals surface area contributed by atoms with E-state index in [2.05, 4.69) is 59.4 Å². The van der Waals surface area contributed by atoms with E-state index >= 15 is 0 Å². The molecule has 0 amide bonds. The average molecular weight is 431 g/mol. The second-order valence-electron chi connectivity index (χ2n) is 5.96. The molecule has 0 aromatic heterocycles. The van der Waals surface area contributed by atoms with Crippen molar-refractivity contribution in [2.45, 2.75) is 26.2 Å². The lowest BCUT2D eigenvalue weighted by Crippen LogP contribution is -2.48. The number of likely N-dealkylation sites (tertiary alicyclic amines) is 1. The molecule has 1 aromatic rings. The van der Waals surface area contributed by atoms with E-state index in [1.807, 2.05) is 0 Å². The van der Waals surface area contributed by atoms with Crippen molar-refractivity contribution < 1.29 is 4.74 Å². The predicted octanol–water partition coefficient (Wildman–Crippen LogP) is 3.34. The van der Waals surface area contributed by atoms with Crippen molar-refractivity contribution in [1.82, 2.24) is 10.2 Å². The van der Waals surface area contributed by atoms with Gasteiger partial charge in [0.25, 0.3) is 0 Å². The van der Waals surface area contributed by atoms with Gasteiger partial charge in [-0.05, 0) is 30.7 Å². The molecule has 1 heterocycles. The number of rotatable bonds is 5. The van der Waals surface area contributed by atoms with Gasteiger partial charge in [0.1, 0.15) is 0 Å². The molecule has 1 aromatic carbocycles. The molecular formula is C18H30IN3O. The third kappa shape index (κ3) is 5.95. The zero-order chi connectivity index (χ0) is 15.8. The number of methoxy groups -OCH3 is 1. The first-order valence-corrected chi connectivity index (χ1v) is 8.33. The number of halogens is 1. The standard InChI is InChI=1S/C18H29N3O.HI/c1-4-19-18(20-11-13-22-3)21-12-10-17(15(2)14-21)16-8-6-5-7-9-16;/h5-9,15,17H,4,10-14H2,1-3H3,(H,19,20);1H. The second kappa shape index (κ2) is 10.9. The molecule has 0 radical (unpaired) electrons. The molecule has 0 bridgehead atoms. The zero-order valence-electron chi connectivity index (χ0n) is 14.5. The quantitative estimate of drug-likeness (QED) is 0.336. The van der Waals surface area contributed by atoms with Crippen molar-refractivity contribution in [3.05, 3.63) is 35.9 Å². The molecule has 1 fully saturated rings. The second-order valence-corrected chi connectivity index (χ2v) is 5.96. The highest BCUT2D eigenvalue weighted by molar-refractivity contribution is 14.0. The van der Waals surface area contributed by atoms with Crippen LogP contribution in [0.25, 0.3) is 0 Å². The minimum absolute atomic E-state index is 0. The average Bonchev–Trinajstić information content (AvgIpc) is 2.55. The lowest BCUT2D eigenvalue weighted by Gasteiger charge is -2.39. The summed E-state index contributed by atoms with van der Waals surface area (Å²) < 4.78 is 5.10. The third-order valence-electron chi connectivity index (χ3n) is 4.32. The van der Waals surface area contributed by atoms with Crippen LogP contribution in [0.15, 0.2) is 35.3 Å². The molecule has 1 aliphatic rings. The van der Waals surface area contributed by atoms with Gasteiger partial charge in [-0.25, -0.2) is 0 Å². The summed E-state index contributed by atoms with van der Waals surface area (Å²) in [7, 11) is 1.72. The van der Waals surface area contributed by atoms with E-state index in [-0.39, 0.29) is 24.0 Å². The topological polar surface area (TPSA) is 36.9 Å². The fourth-order valence-electron chi connectivity index (χ4n) is 3.20. The van der Waals surface area contributed by atoms with E-state index in [9.17, 15) is 0 Å². The van der Waals surface area contributed by atoms with Gasteiger partial charge in [0.15, 0.2) is 5.96 Å². The van der Waals surface area contributed by atoms with Crippen molar-refractivity contribution in [1.29, 1.82) is 0 Å². The normalized spacial score (nSPS) is 21.7. The smallest absolute Gasteiger partial charge is 0.194 e. The molecule has 130 valence electrons. The molecule has 0 saturated carbocycles. The third-order valence-corrected chi connectivity index (χ3v) is 4.32. The summed E-state index contributed by atoms with van der Waals surface area (Å²) in [6.07, 6.45) is 1.18. The molecular weight excluding hydrogens is 401 g/mol. The maximum atomic E-state index is 5.10. The summed E-state index contributed by atoms with van der Waals surface area (Å²) in [6, 6.07) is 10.9. The number of aliphatic imine (C=N–C) groups is 1. The van der Waals surface area contributed by atoms with Crippen molar-refractivity contribution in [2.24, 2.45) is 10.9 Å². The molecule has 2 atom stereocenters. The first-order chi connectivity index (χ1) is 10.8. The van der Waals surface area contributed by atoms with Gasteiger partial charge in [-0.15, -0.1) is 24.0 Å². The van der Waals surface area contributed by atoms with Gasteiger partial charge in [0.05, 0.1) is 13.2 Å². The van der Waals surface area contributed by atoms with Crippen molar-refractivity contribution in [3.63, 3.8) is 0 Å². The van der Waals surface area contributed by atoms with Crippen LogP contribution in [0.1, 0.15) is 31.7 Å². The van der Waals surface area contributed by atoms with Gasteiger partial charge in [-0.2, -0.15) is 0 Å². The van der Waals surface area contributed by atoms with Gasteiger partial charge in [0, 0.05) is 26.7 Å². The predicted molar refractivity (Wildman–Crippen MR) is 108 cm³/mol. The monoisotopic (exact) mass is 431 g/mol. The van der Waals surface area contributed by atoms with E-state index in [1.54, 1.807) is 7.11 Å². The fourth-order valence-corrected chi connectivity index (χ4v) is 3.20. The number of hydrogen-bond donors (Lipinski definition) is 1. The van der Waals surface area contributed by atoms with Gasteiger partial charge < -0.3 is 15.0 Å². The van der Waals surface area contributed by atoms with Crippen LogP contribution in [0, 0.1) is 5.92 Å². The van der Waals surface area contributed by atoms with E-state index < -0.39 is 0 Å². The first kappa shape index (κ1) is 20.2. The van der Waals surface area contributed by atoms with E-state index in [0.29, 0.717) is 25.0 Å². The van der Waals surface area contributed by atoms with Crippen LogP contribution >= 0.6 is 24.0 Å². The molecule has 0 aliphatic carbocycles. The fraction of sp³-hybridized carbons (Fsp3) is 0.611. The maximum absolute atomic E-state index is 5.10.